The van der Waals surface area contributed by atoms with Crippen LogP contribution in [0.1, 0.15) is 6.42 Å². The third kappa shape index (κ3) is 0.563. The number of hydrogen-bond acceptors (Lipinski definition) is 2. The van der Waals surface area contributed by atoms with Gasteiger partial charge in [0.25, 0.3) is 0 Å². The fraction of sp³-hybridized carbons (Fsp3) is 1.00. The summed E-state index contributed by atoms with van der Waals surface area (Å²) in [6.45, 7) is 1.58. The maximum atomic E-state index is 12.6. The quantitative estimate of drug-likeness (QED) is 0.470. The van der Waals surface area contributed by atoms with E-state index < -0.39 is 6.17 Å². The van der Waals surface area contributed by atoms with Gasteiger partial charge in [0, 0.05) is 24.5 Å². The van der Waals surface area contributed by atoms with E-state index >= 15 is 0 Å². The highest BCUT2D eigenvalue weighted by Crippen LogP contribution is 2.41. The molecule has 0 radical (unpaired) electrons. The average molecular weight is 130 g/mol. The molecule has 2 fully saturated rings. The first-order valence-corrected chi connectivity index (χ1v) is 3.36. The van der Waals surface area contributed by atoms with Gasteiger partial charge in [0.1, 0.15) is 6.17 Å². The molecule has 2 aliphatic rings. The molecule has 3 N–H and O–H groups in total. The normalized spacial score (nSPS) is 56.7. The van der Waals surface area contributed by atoms with E-state index in [0.29, 0.717) is 6.42 Å². The van der Waals surface area contributed by atoms with Gasteiger partial charge in [-0.25, -0.2) is 4.39 Å². The molecule has 0 aromatic rings. The minimum atomic E-state index is -0.634. The highest BCUT2D eigenvalue weighted by molar-refractivity contribution is 5.12. The Bertz CT molecular complexity index is 139. The minimum Gasteiger partial charge on any atom is -0.324 e. The maximum absolute atomic E-state index is 12.6. The van der Waals surface area contributed by atoms with Crippen LogP contribution >= 0.6 is 0 Å². The topological polar surface area (TPSA) is 38.0 Å². The summed E-state index contributed by atoms with van der Waals surface area (Å²) in [6.07, 6.45) is -0.0741. The smallest absolute Gasteiger partial charge is 0.108 e. The SMILES string of the molecule is N[C@]12CNC[C@@H]1[C@H](F)C2. The molecule has 1 saturated heterocycles. The summed E-state index contributed by atoms with van der Waals surface area (Å²) >= 11 is 0. The van der Waals surface area contributed by atoms with Crippen molar-refractivity contribution in [3.8, 4) is 0 Å². The summed E-state index contributed by atoms with van der Waals surface area (Å²) in [5.41, 5.74) is 5.61. The molecular weight excluding hydrogens is 119 g/mol. The molecule has 3 atom stereocenters. The third-order valence-corrected chi connectivity index (χ3v) is 2.57. The number of nitrogens with one attached hydrogen (secondary N) is 1. The second-order valence-electron chi connectivity index (χ2n) is 3.19. The Morgan fingerprint density at radius 3 is 2.89 bits per heavy atom. The van der Waals surface area contributed by atoms with Gasteiger partial charge < -0.3 is 11.1 Å². The Morgan fingerprint density at radius 1 is 1.67 bits per heavy atom. The summed E-state index contributed by atoms with van der Waals surface area (Å²) in [6, 6.07) is 0. The van der Waals surface area contributed by atoms with Gasteiger partial charge in [-0.1, -0.05) is 0 Å². The van der Waals surface area contributed by atoms with Crippen molar-refractivity contribution < 1.29 is 4.39 Å². The standard InChI is InChI=1S/C6H11FN2/c7-5-1-6(8)3-9-2-4(5)6/h4-5,9H,1-3,8H2/t4-,5-,6-/m1/s1. The number of halogens is 1. The molecule has 1 aliphatic carbocycles. The van der Waals surface area contributed by atoms with Gasteiger partial charge in [0.15, 0.2) is 0 Å². The van der Waals surface area contributed by atoms with Crippen LogP contribution in [0.25, 0.3) is 0 Å². The summed E-state index contributed by atoms with van der Waals surface area (Å²) < 4.78 is 12.6. The molecule has 1 saturated carbocycles. The van der Waals surface area contributed by atoms with Gasteiger partial charge in [-0.2, -0.15) is 0 Å². The number of hydrogen-bond donors (Lipinski definition) is 2. The van der Waals surface area contributed by atoms with Crippen molar-refractivity contribution in [2.45, 2.75) is 18.1 Å². The molecule has 52 valence electrons. The van der Waals surface area contributed by atoms with Crippen LogP contribution in [0.4, 0.5) is 4.39 Å². The minimum absolute atomic E-state index is 0.109. The summed E-state index contributed by atoms with van der Waals surface area (Å²) in [5.74, 6) is 0.109. The van der Waals surface area contributed by atoms with Gasteiger partial charge in [0.2, 0.25) is 0 Å². The van der Waals surface area contributed by atoms with E-state index in [1.54, 1.807) is 0 Å². The lowest BCUT2D eigenvalue weighted by atomic mass is 9.68. The van der Waals surface area contributed by atoms with E-state index in [4.69, 9.17) is 5.73 Å². The van der Waals surface area contributed by atoms with Crippen LogP contribution in [-0.2, 0) is 0 Å². The fourth-order valence-electron chi connectivity index (χ4n) is 1.85. The van der Waals surface area contributed by atoms with Crippen molar-refractivity contribution in [3.63, 3.8) is 0 Å². The highest BCUT2D eigenvalue weighted by atomic mass is 19.1. The molecule has 0 aromatic carbocycles. The van der Waals surface area contributed by atoms with E-state index in [2.05, 4.69) is 5.32 Å². The Hall–Kier alpha value is -0.150. The molecule has 2 rings (SSSR count). The van der Waals surface area contributed by atoms with Crippen molar-refractivity contribution in [2.24, 2.45) is 11.7 Å². The Morgan fingerprint density at radius 2 is 2.44 bits per heavy atom. The monoisotopic (exact) mass is 130 g/mol. The van der Waals surface area contributed by atoms with Gasteiger partial charge in [-0.05, 0) is 6.42 Å². The van der Waals surface area contributed by atoms with Crippen molar-refractivity contribution in [1.82, 2.24) is 5.32 Å². The lowest BCUT2D eigenvalue weighted by Crippen LogP contribution is -2.61. The molecule has 1 aliphatic heterocycles. The van der Waals surface area contributed by atoms with Gasteiger partial charge in [-0.3, -0.25) is 0 Å². The molecule has 9 heavy (non-hydrogen) atoms. The average Bonchev–Trinajstić information content (AvgIpc) is 2.06. The van der Waals surface area contributed by atoms with E-state index in [0.717, 1.165) is 13.1 Å². The van der Waals surface area contributed by atoms with Crippen LogP contribution in [-0.4, -0.2) is 24.8 Å². The van der Waals surface area contributed by atoms with Gasteiger partial charge in [0.05, 0.1) is 0 Å². The van der Waals surface area contributed by atoms with Crippen LogP contribution < -0.4 is 11.1 Å². The fourth-order valence-corrected chi connectivity index (χ4v) is 1.85. The second-order valence-corrected chi connectivity index (χ2v) is 3.19. The Labute approximate surface area is 53.6 Å². The zero-order chi connectivity index (χ0) is 6.48. The predicted octanol–water partition coefficient (Wildman–Crippen LogP) is -0.355. The van der Waals surface area contributed by atoms with E-state index in [-0.39, 0.29) is 11.5 Å². The predicted molar refractivity (Wildman–Crippen MR) is 32.8 cm³/mol. The zero-order valence-corrected chi connectivity index (χ0v) is 5.23. The number of fused-ring (bicyclic) bond motifs is 1. The highest BCUT2D eigenvalue weighted by Gasteiger charge is 2.54. The zero-order valence-electron chi connectivity index (χ0n) is 5.23. The molecule has 2 nitrogen and oxygen atoms in total. The van der Waals surface area contributed by atoms with Crippen molar-refractivity contribution in [1.29, 1.82) is 0 Å². The molecule has 0 unspecified atom stereocenters. The van der Waals surface area contributed by atoms with Crippen molar-refractivity contribution in [2.75, 3.05) is 13.1 Å². The number of rotatable bonds is 0. The molecule has 1 heterocycles. The Kier molecular flexibility index (Phi) is 0.916. The molecule has 3 heteroatoms. The number of nitrogens with two attached hydrogens (primary N) is 1. The third-order valence-electron chi connectivity index (χ3n) is 2.57. The Balaban J connectivity index is 2.13. The van der Waals surface area contributed by atoms with Gasteiger partial charge >= 0.3 is 0 Å². The van der Waals surface area contributed by atoms with Gasteiger partial charge in [-0.15, -0.1) is 0 Å². The lowest BCUT2D eigenvalue weighted by Gasteiger charge is -2.43. The largest absolute Gasteiger partial charge is 0.324 e. The molecule has 0 bridgehead atoms. The van der Waals surface area contributed by atoms with Crippen LogP contribution in [0.2, 0.25) is 0 Å². The first kappa shape index (κ1) is 5.62. The lowest BCUT2D eigenvalue weighted by molar-refractivity contribution is 0.0462. The maximum Gasteiger partial charge on any atom is 0.108 e. The van der Waals surface area contributed by atoms with Crippen LogP contribution in [0.15, 0.2) is 0 Å². The summed E-state index contributed by atoms with van der Waals surface area (Å²) in [5, 5.41) is 3.09. The van der Waals surface area contributed by atoms with E-state index in [1.165, 1.54) is 0 Å². The van der Waals surface area contributed by atoms with E-state index in [1.807, 2.05) is 0 Å². The van der Waals surface area contributed by atoms with Crippen LogP contribution in [0.5, 0.6) is 0 Å². The van der Waals surface area contributed by atoms with E-state index in [9.17, 15) is 4.39 Å². The van der Waals surface area contributed by atoms with Crippen molar-refractivity contribution in [3.05, 3.63) is 0 Å². The summed E-state index contributed by atoms with van der Waals surface area (Å²) in [4.78, 5) is 0. The van der Waals surface area contributed by atoms with Crippen LogP contribution in [0.3, 0.4) is 0 Å². The first-order chi connectivity index (χ1) is 4.22. The first-order valence-electron chi connectivity index (χ1n) is 3.36. The van der Waals surface area contributed by atoms with Crippen LogP contribution in [0, 0.1) is 5.92 Å². The molecular formula is C6H11FN2. The van der Waals surface area contributed by atoms with Crippen molar-refractivity contribution >= 4 is 0 Å². The molecule has 0 spiro atoms. The second kappa shape index (κ2) is 1.47. The summed E-state index contributed by atoms with van der Waals surface area (Å²) in [7, 11) is 0. The molecule has 0 aromatic heterocycles. The number of alkyl halides is 1. The molecule has 0 amide bonds.